The highest BCUT2D eigenvalue weighted by Crippen LogP contribution is 2.34. The molecule has 1 fully saturated rings. The second-order valence-electron chi connectivity index (χ2n) is 5.61. The summed E-state index contributed by atoms with van der Waals surface area (Å²) in [7, 11) is 0. The molecule has 7 nitrogen and oxygen atoms in total. The molecule has 0 amide bonds. The molecule has 128 valence electrons. The predicted molar refractivity (Wildman–Crippen MR) is 93.3 cm³/mol. The van der Waals surface area contributed by atoms with E-state index in [1.807, 2.05) is 23.6 Å². The summed E-state index contributed by atoms with van der Waals surface area (Å²) in [5.41, 5.74) is 3.36. The van der Waals surface area contributed by atoms with Crippen LogP contribution in [0.3, 0.4) is 0 Å². The fourth-order valence-electron chi connectivity index (χ4n) is 2.34. The van der Waals surface area contributed by atoms with E-state index in [9.17, 15) is 4.79 Å². The quantitative estimate of drug-likeness (QED) is 0.465. The van der Waals surface area contributed by atoms with Gasteiger partial charge < -0.3 is 4.74 Å². The molecule has 0 aliphatic heterocycles. The van der Waals surface area contributed by atoms with Crippen LogP contribution in [0.15, 0.2) is 40.1 Å². The molecule has 0 unspecified atom stereocenters. The standard InChI is InChI=1S/C16H15N5O2S2/c22-16(23-7-15-18-19-20-21(15)12-5-6-12)13-3-1-2-4-14(13)25-9-11-8-24-10-17-11/h1-4,8,10,12H,5-7,9H2. The van der Waals surface area contributed by atoms with Crippen molar-refractivity contribution >= 4 is 29.1 Å². The smallest absolute Gasteiger partial charge is 0.339 e. The molecule has 3 aromatic rings. The summed E-state index contributed by atoms with van der Waals surface area (Å²) in [4.78, 5) is 17.6. The minimum atomic E-state index is -0.369. The third-order valence-corrected chi connectivity index (χ3v) is 5.49. The molecular weight excluding hydrogens is 358 g/mol. The molecule has 1 aliphatic carbocycles. The van der Waals surface area contributed by atoms with Crippen LogP contribution in [0, 0.1) is 0 Å². The van der Waals surface area contributed by atoms with E-state index in [1.54, 1.807) is 39.4 Å². The summed E-state index contributed by atoms with van der Waals surface area (Å²) >= 11 is 3.14. The molecule has 1 saturated carbocycles. The van der Waals surface area contributed by atoms with Gasteiger partial charge in [-0.1, -0.05) is 12.1 Å². The van der Waals surface area contributed by atoms with E-state index in [2.05, 4.69) is 20.5 Å². The number of aromatic nitrogens is 5. The van der Waals surface area contributed by atoms with Crippen LogP contribution in [0.2, 0.25) is 0 Å². The predicted octanol–water partition coefficient (Wildman–Crippen LogP) is 3.11. The van der Waals surface area contributed by atoms with E-state index >= 15 is 0 Å². The van der Waals surface area contributed by atoms with E-state index < -0.39 is 0 Å². The number of thioether (sulfide) groups is 1. The summed E-state index contributed by atoms with van der Waals surface area (Å²) in [5, 5.41) is 13.6. The van der Waals surface area contributed by atoms with Crippen molar-refractivity contribution in [1.29, 1.82) is 0 Å². The molecule has 0 spiro atoms. The Morgan fingerprint density at radius 3 is 3.04 bits per heavy atom. The van der Waals surface area contributed by atoms with Gasteiger partial charge in [-0.05, 0) is 35.4 Å². The minimum absolute atomic E-state index is 0.0768. The molecule has 2 heterocycles. The van der Waals surface area contributed by atoms with Gasteiger partial charge in [-0.25, -0.2) is 14.5 Å². The number of hydrogen-bond donors (Lipinski definition) is 0. The number of esters is 1. The van der Waals surface area contributed by atoms with E-state index in [-0.39, 0.29) is 12.6 Å². The zero-order chi connectivity index (χ0) is 17.1. The zero-order valence-corrected chi connectivity index (χ0v) is 14.9. The van der Waals surface area contributed by atoms with Gasteiger partial charge in [0.25, 0.3) is 0 Å². The number of hydrogen-bond acceptors (Lipinski definition) is 8. The Bertz CT molecular complexity index is 861. The van der Waals surface area contributed by atoms with Crippen LogP contribution >= 0.6 is 23.1 Å². The van der Waals surface area contributed by atoms with Crippen molar-refractivity contribution in [1.82, 2.24) is 25.2 Å². The zero-order valence-electron chi connectivity index (χ0n) is 13.2. The lowest BCUT2D eigenvalue weighted by Gasteiger charge is -2.09. The second-order valence-corrected chi connectivity index (χ2v) is 7.35. The molecule has 0 radical (unpaired) electrons. The van der Waals surface area contributed by atoms with Crippen LogP contribution in [-0.2, 0) is 17.1 Å². The lowest BCUT2D eigenvalue weighted by Crippen LogP contribution is -2.11. The fourth-order valence-corrected chi connectivity index (χ4v) is 3.95. The van der Waals surface area contributed by atoms with Crippen molar-refractivity contribution in [2.75, 3.05) is 0 Å². The van der Waals surface area contributed by atoms with E-state index in [0.717, 1.165) is 23.4 Å². The number of tetrazole rings is 1. The van der Waals surface area contributed by atoms with Crippen LogP contribution < -0.4 is 0 Å². The molecule has 0 atom stereocenters. The molecule has 1 aliphatic rings. The fraction of sp³-hybridized carbons (Fsp3) is 0.312. The van der Waals surface area contributed by atoms with Gasteiger partial charge in [0, 0.05) is 16.0 Å². The molecule has 0 saturated heterocycles. The number of ether oxygens (including phenoxy) is 1. The molecule has 0 N–H and O–H groups in total. The first-order valence-electron chi connectivity index (χ1n) is 7.84. The number of nitrogens with zero attached hydrogens (tertiary/aromatic N) is 5. The first-order chi connectivity index (χ1) is 12.3. The Hall–Kier alpha value is -2.26. The summed E-state index contributed by atoms with van der Waals surface area (Å²) in [6.45, 7) is 0.0768. The Morgan fingerprint density at radius 1 is 1.36 bits per heavy atom. The average Bonchev–Trinajstić information content (AvgIpc) is 3.16. The van der Waals surface area contributed by atoms with Crippen LogP contribution in [-0.4, -0.2) is 31.2 Å². The van der Waals surface area contributed by atoms with Gasteiger partial charge in [0.1, 0.15) is 0 Å². The largest absolute Gasteiger partial charge is 0.454 e. The number of rotatable bonds is 7. The van der Waals surface area contributed by atoms with Crippen molar-refractivity contribution in [3.05, 3.63) is 52.2 Å². The normalized spacial score (nSPS) is 13.8. The summed E-state index contributed by atoms with van der Waals surface area (Å²) in [6.07, 6.45) is 2.14. The molecule has 1 aromatic carbocycles. The second kappa shape index (κ2) is 7.32. The van der Waals surface area contributed by atoms with Gasteiger partial charge in [0.2, 0.25) is 0 Å². The van der Waals surface area contributed by atoms with Crippen molar-refractivity contribution in [3.63, 3.8) is 0 Å². The molecule has 9 heteroatoms. The number of carbonyl (C=O) groups is 1. The molecule has 25 heavy (non-hydrogen) atoms. The maximum absolute atomic E-state index is 12.5. The summed E-state index contributed by atoms with van der Waals surface area (Å²) in [6, 6.07) is 7.79. The summed E-state index contributed by atoms with van der Waals surface area (Å²) in [5.74, 6) is 0.934. The lowest BCUT2D eigenvalue weighted by atomic mass is 10.2. The number of benzene rings is 1. The van der Waals surface area contributed by atoms with Crippen molar-refractivity contribution in [3.8, 4) is 0 Å². The number of thiazole rings is 1. The monoisotopic (exact) mass is 373 g/mol. The Balaban J connectivity index is 1.41. The van der Waals surface area contributed by atoms with Gasteiger partial charge in [-0.15, -0.1) is 28.2 Å². The SMILES string of the molecule is O=C(OCc1nnnn1C1CC1)c1ccccc1SCc1cscn1. The third-order valence-electron chi connectivity index (χ3n) is 3.75. The van der Waals surface area contributed by atoms with Gasteiger partial charge >= 0.3 is 5.97 Å². The maximum atomic E-state index is 12.5. The van der Waals surface area contributed by atoms with Crippen molar-refractivity contribution in [2.45, 2.75) is 36.1 Å². The molecule has 0 bridgehead atoms. The highest BCUT2D eigenvalue weighted by Gasteiger charge is 2.28. The minimum Gasteiger partial charge on any atom is -0.454 e. The Morgan fingerprint density at radius 2 is 2.24 bits per heavy atom. The Labute approximate surface area is 152 Å². The van der Waals surface area contributed by atoms with Crippen LogP contribution in [0.4, 0.5) is 0 Å². The lowest BCUT2D eigenvalue weighted by molar-refractivity contribution is 0.0452. The van der Waals surface area contributed by atoms with Crippen LogP contribution in [0.25, 0.3) is 0 Å². The number of carbonyl (C=O) groups excluding carboxylic acids is 1. The average molecular weight is 373 g/mol. The van der Waals surface area contributed by atoms with Gasteiger partial charge in [0.15, 0.2) is 12.4 Å². The highest BCUT2D eigenvalue weighted by atomic mass is 32.2. The van der Waals surface area contributed by atoms with E-state index in [1.165, 1.54) is 0 Å². The maximum Gasteiger partial charge on any atom is 0.339 e. The molecule has 4 rings (SSSR count). The van der Waals surface area contributed by atoms with Crippen LogP contribution in [0.5, 0.6) is 0 Å². The topological polar surface area (TPSA) is 82.8 Å². The first-order valence-corrected chi connectivity index (χ1v) is 9.77. The van der Waals surface area contributed by atoms with Crippen LogP contribution in [0.1, 0.15) is 40.8 Å². The Kier molecular flexibility index (Phi) is 4.75. The van der Waals surface area contributed by atoms with Gasteiger partial charge in [-0.3, -0.25) is 0 Å². The van der Waals surface area contributed by atoms with Crippen molar-refractivity contribution in [2.24, 2.45) is 0 Å². The summed E-state index contributed by atoms with van der Waals surface area (Å²) < 4.78 is 7.19. The van der Waals surface area contributed by atoms with E-state index in [0.29, 0.717) is 23.2 Å². The van der Waals surface area contributed by atoms with Crippen molar-refractivity contribution < 1.29 is 9.53 Å². The van der Waals surface area contributed by atoms with Gasteiger partial charge in [-0.2, -0.15) is 0 Å². The molecular formula is C16H15N5O2S2. The molecule has 2 aromatic heterocycles. The highest BCUT2D eigenvalue weighted by molar-refractivity contribution is 7.98. The van der Waals surface area contributed by atoms with Gasteiger partial charge in [0.05, 0.1) is 22.8 Å². The third kappa shape index (κ3) is 3.88. The first kappa shape index (κ1) is 16.2. The van der Waals surface area contributed by atoms with E-state index in [4.69, 9.17) is 4.74 Å².